The van der Waals surface area contributed by atoms with Crippen molar-refractivity contribution < 1.29 is 83.4 Å². The van der Waals surface area contributed by atoms with Crippen molar-refractivity contribution in [3.05, 3.63) is 247 Å². The predicted molar refractivity (Wildman–Crippen MR) is 463 cm³/mol. The number of fused-ring (bicyclic) bond motifs is 6. The van der Waals surface area contributed by atoms with Gasteiger partial charge >= 0.3 is 17.1 Å². The van der Waals surface area contributed by atoms with Crippen molar-refractivity contribution in [1.29, 1.82) is 0 Å². The van der Waals surface area contributed by atoms with Crippen molar-refractivity contribution >= 4 is 67.9 Å². The van der Waals surface area contributed by atoms with E-state index in [-0.39, 0.29) is 162 Å². The van der Waals surface area contributed by atoms with Crippen molar-refractivity contribution in [1.82, 2.24) is 58.3 Å². The first-order valence-corrected chi connectivity index (χ1v) is 41.3. The summed E-state index contributed by atoms with van der Waals surface area (Å²) >= 11 is 0. The Kier molecular flexibility index (Phi) is 23.3. The van der Waals surface area contributed by atoms with Gasteiger partial charge in [0.15, 0.2) is 69.6 Å². The fourth-order valence-corrected chi connectivity index (χ4v) is 17.8. The molecule has 666 valence electrons. The summed E-state index contributed by atoms with van der Waals surface area (Å²) in [7, 11) is 0. The molecule has 0 bridgehead atoms. The number of benzene rings is 6. The highest BCUT2D eigenvalue weighted by molar-refractivity contribution is 6.04. The van der Waals surface area contributed by atoms with Gasteiger partial charge in [-0.1, -0.05) is 61.3 Å². The Morgan fingerprint density at radius 3 is 0.891 bits per heavy atom. The van der Waals surface area contributed by atoms with E-state index in [2.05, 4.69) is 49.6 Å². The molecule has 0 radical (unpaired) electrons. The van der Waals surface area contributed by atoms with Gasteiger partial charge in [-0.15, -0.1) is 0 Å². The molecule has 3 amide bonds. The van der Waals surface area contributed by atoms with Crippen LogP contribution in [0.1, 0.15) is 93.1 Å². The quantitative estimate of drug-likeness (QED) is 0.0756. The van der Waals surface area contributed by atoms with E-state index in [9.17, 15) is 57.3 Å². The summed E-state index contributed by atoms with van der Waals surface area (Å²) in [6, 6.07) is 12.2. The molecular formula is C93H84F9N15O12. The lowest BCUT2D eigenvalue weighted by atomic mass is 9.99. The SMILES string of the molecule is C=CC(=O)N1CCN2c3nc(=O)n(-c4c(C)ccnc4C(C)C)c4cc(-c5c(O)ccc(F)c5F)c(F)c(c34)OC[C@H]2C1.C=CC(=O)N1CCN2c3nc(=O)n(-c4c(C)ccnc4C(C)C)c4cc(-c5c(O)ccc(F)c5F)c(F)c(c34)OC[C@H]2C1.C=CC(=O)N1CCN2c3nc(=O)n(-c4c(C)ccnc4C(C)C)c4cc(-c5c(O)ccc(F)c5F)c(F)c(c34)OC[C@H]2C1. The van der Waals surface area contributed by atoms with Gasteiger partial charge in [0.2, 0.25) is 17.7 Å². The van der Waals surface area contributed by atoms with E-state index in [1.807, 2.05) is 41.5 Å². The number of anilines is 3. The highest BCUT2D eigenvalue weighted by Crippen LogP contribution is 2.51. The number of aromatic hydroxyl groups is 3. The Morgan fingerprint density at radius 2 is 0.651 bits per heavy atom. The highest BCUT2D eigenvalue weighted by Gasteiger charge is 2.43. The number of aromatic nitrogens is 9. The van der Waals surface area contributed by atoms with E-state index in [4.69, 9.17) is 14.2 Å². The number of hydrogen-bond donors (Lipinski definition) is 3. The molecule has 3 fully saturated rings. The number of amides is 3. The molecule has 0 spiro atoms. The Bertz CT molecular complexity index is 6320. The number of carbonyl (C=O) groups is 3. The molecule has 0 unspecified atom stereocenters. The van der Waals surface area contributed by atoms with E-state index in [0.717, 1.165) is 36.4 Å². The van der Waals surface area contributed by atoms with Crippen LogP contribution in [0.3, 0.4) is 0 Å². The number of halogens is 9. The van der Waals surface area contributed by atoms with E-state index >= 15 is 26.3 Å². The molecule has 36 heteroatoms. The lowest BCUT2D eigenvalue weighted by molar-refractivity contribution is -0.127. The van der Waals surface area contributed by atoms with Crippen LogP contribution < -0.4 is 46.0 Å². The van der Waals surface area contributed by atoms with Crippen molar-refractivity contribution in [2.75, 3.05) is 93.4 Å². The average molecular weight is 1770 g/mol. The minimum absolute atomic E-state index is 0.104. The van der Waals surface area contributed by atoms with Crippen LogP contribution in [-0.2, 0) is 14.4 Å². The molecule has 6 aromatic carbocycles. The van der Waals surface area contributed by atoms with Crippen molar-refractivity contribution in [2.24, 2.45) is 0 Å². The first kappa shape index (κ1) is 87.8. The summed E-state index contributed by atoms with van der Waals surface area (Å²) in [5.41, 5.74) is -0.505. The van der Waals surface area contributed by atoms with E-state index in [0.29, 0.717) is 70.5 Å². The van der Waals surface area contributed by atoms with Gasteiger partial charge in [-0.05, 0) is 146 Å². The molecule has 6 aliphatic heterocycles. The van der Waals surface area contributed by atoms with Gasteiger partial charge in [-0.25, -0.2) is 53.9 Å². The number of ether oxygens (including phenoxy) is 3. The average Bonchev–Trinajstić information content (AvgIpc) is 1.72. The molecule has 12 heterocycles. The molecular weight excluding hydrogens is 1690 g/mol. The molecule has 3 saturated heterocycles. The maximum atomic E-state index is 16.5. The number of hydrogen-bond acceptors (Lipinski definition) is 21. The number of rotatable bonds is 12. The summed E-state index contributed by atoms with van der Waals surface area (Å²) in [4.78, 5) is 116. The third-order valence-electron chi connectivity index (χ3n) is 24.0. The Morgan fingerprint density at radius 1 is 0.395 bits per heavy atom. The number of pyridine rings is 3. The van der Waals surface area contributed by atoms with Gasteiger partial charge in [0.05, 0.1) is 102 Å². The zero-order valence-corrected chi connectivity index (χ0v) is 71.1. The lowest BCUT2D eigenvalue weighted by Crippen LogP contribution is -2.56. The van der Waals surface area contributed by atoms with Crippen LogP contribution in [0.5, 0.6) is 34.5 Å². The lowest BCUT2D eigenvalue weighted by Gasteiger charge is -2.40. The van der Waals surface area contributed by atoms with Crippen LogP contribution in [0.15, 0.2) is 144 Å². The number of phenols is 3. The summed E-state index contributed by atoms with van der Waals surface area (Å²) in [6.45, 7) is 29.4. The summed E-state index contributed by atoms with van der Waals surface area (Å²) in [6.07, 6.45) is 8.46. The van der Waals surface area contributed by atoms with Gasteiger partial charge in [0, 0.05) is 94.2 Å². The standard InChI is InChI=1S/3C31H28F3N5O4/c3*1-5-22(41)37-10-11-38-17(13-37)14-43-29-24-20(12-18(25(29)33)23-21(40)7-6-19(32)26(23)34)39(31(42)36-30(24)38)28-16(4)8-9-35-27(28)15(2)3/h3*5-9,12,15,17,40H,1,10-11,13-14H2,2-4H3/t3*17-/m111/s1. The largest absolute Gasteiger partial charge is 0.507 e. The van der Waals surface area contributed by atoms with E-state index in [1.54, 1.807) is 87.0 Å². The number of phenolic OH excluding ortho intramolecular Hbond substituents is 3. The Labute approximate surface area is 729 Å². The number of piperazine rings is 3. The number of aryl methyl sites for hydroxylation is 3. The van der Waals surface area contributed by atoms with Crippen LogP contribution >= 0.6 is 0 Å². The maximum absolute atomic E-state index is 16.5. The summed E-state index contributed by atoms with van der Waals surface area (Å²) < 4.78 is 160. The molecule has 3 N–H and O–H groups in total. The smallest absolute Gasteiger partial charge is 0.354 e. The molecule has 0 saturated carbocycles. The molecule has 27 nitrogen and oxygen atoms in total. The van der Waals surface area contributed by atoms with Gasteiger partial charge in [-0.2, -0.15) is 15.0 Å². The number of nitrogens with zero attached hydrogens (tertiary/aromatic N) is 15. The highest BCUT2D eigenvalue weighted by atomic mass is 19.2. The Balaban J connectivity index is 0.000000142. The maximum Gasteiger partial charge on any atom is 0.354 e. The third-order valence-corrected chi connectivity index (χ3v) is 24.0. The van der Waals surface area contributed by atoms with E-state index < -0.39 is 138 Å². The zero-order chi connectivity index (χ0) is 92.2. The first-order chi connectivity index (χ1) is 61.6. The molecule has 18 rings (SSSR count). The van der Waals surface area contributed by atoms with Gasteiger partial charge in [0.25, 0.3) is 0 Å². The fourth-order valence-electron chi connectivity index (χ4n) is 17.8. The van der Waals surface area contributed by atoms with Crippen molar-refractivity contribution in [3.63, 3.8) is 0 Å². The van der Waals surface area contributed by atoms with Crippen molar-refractivity contribution in [2.45, 2.75) is 98.2 Å². The molecule has 6 aliphatic rings. The van der Waals surface area contributed by atoms with Crippen LogP contribution in [0.2, 0.25) is 0 Å². The second kappa shape index (κ2) is 34.3. The number of carbonyl (C=O) groups excluding carboxylic acids is 3. The summed E-state index contributed by atoms with van der Waals surface area (Å²) in [5, 5.41) is 32.1. The predicted octanol–water partition coefficient (Wildman–Crippen LogP) is 13.8. The normalized spacial score (nSPS) is 16.2. The van der Waals surface area contributed by atoms with Crippen LogP contribution in [0, 0.1) is 73.1 Å². The molecule has 6 aromatic heterocycles. The van der Waals surface area contributed by atoms with Crippen LogP contribution in [0.4, 0.5) is 57.0 Å². The molecule has 129 heavy (non-hydrogen) atoms. The van der Waals surface area contributed by atoms with Gasteiger partial charge in [-0.3, -0.25) is 43.0 Å². The minimum Gasteiger partial charge on any atom is -0.507 e. The van der Waals surface area contributed by atoms with Crippen LogP contribution in [-0.4, -0.2) is 188 Å². The zero-order valence-electron chi connectivity index (χ0n) is 71.1. The monoisotopic (exact) mass is 1770 g/mol. The minimum atomic E-state index is -1.46. The summed E-state index contributed by atoms with van der Waals surface area (Å²) in [5.74, 6) is -15.4. The van der Waals surface area contributed by atoms with Gasteiger partial charge < -0.3 is 58.9 Å². The second-order valence-corrected chi connectivity index (χ2v) is 32.8. The molecule has 0 aliphatic carbocycles. The topological polar surface area (TPSA) is 302 Å². The van der Waals surface area contributed by atoms with Crippen LogP contribution in [0.25, 0.3) is 83.2 Å². The molecule has 12 aromatic rings. The van der Waals surface area contributed by atoms with Gasteiger partial charge in [0.1, 0.15) is 54.5 Å². The third kappa shape index (κ3) is 15.0. The second-order valence-electron chi connectivity index (χ2n) is 32.8. The fraction of sp³-hybridized carbons (Fsp3) is 0.290. The first-order valence-electron chi connectivity index (χ1n) is 41.3. The van der Waals surface area contributed by atoms with E-state index in [1.165, 1.54) is 50.1 Å². The van der Waals surface area contributed by atoms with Crippen molar-refractivity contribution in [3.8, 4) is 84.9 Å². The Hall–Kier alpha value is -14.6. The molecule has 3 atom stereocenters.